The molecule has 0 bridgehead atoms. The van der Waals surface area contributed by atoms with Gasteiger partial charge in [-0.3, -0.25) is 51.7 Å². The smallest absolute Gasteiger partial charge is 0.465 e. The average molecular weight is 908 g/mol. The number of nitrogens with zero attached hydrogens (tertiary/aromatic N) is 5. The molecule has 0 radical (unpaired) electrons. The molecule has 3 aromatic rings. The second-order valence-electron chi connectivity index (χ2n) is 13.7. The number of fused-ring (bicyclic) bond motifs is 1. The summed E-state index contributed by atoms with van der Waals surface area (Å²) in [4.78, 5) is 82.2. The van der Waals surface area contributed by atoms with Crippen LogP contribution in [0.15, 0.2) is 60.5 Å². The first-order valence-electron chi connectivity index (χ1n) is 17.8. The number of aryl methyl sites for hydroxylation is 1. The van der Waals surface area contributed by atoms with E-state index in [0.717, 1.165) is 16.8 Å². The maximum atomic E-state index is 13.4. The number of hydrogen-bond donors (Lipinski definition) is 10. The Morgan fingerprint density at radius 3 is 2.43 bits per heavy atom. The summed E-state index contributed by atoms with van der Waals surface area (Å²) < 4.78 is 72.1. The number of phosphoric ester groups is 2. The van der Waals surface area contributed by atoms with E-state index < -0.39 is 131 Å². The molecule has 7 heterocycles. The molecular weight excluding hydrogens is 868 g/mol. The number of H-pyrrole nitrogens is 2. The maximum absolute atomic E-state index is 13.4. The maximum Gasteiger partial charge on any atom is 0.527 e. The Morgan fingerprint density at radius 2 is 1.72 bits per heavy atom. The Morgan fingerprint density at radius 1 is 0.984 bits per heavy atom. The van der Waals surface area contributed by atoms with Gasteiger partial charge in [-0.25, -0.2) is 28.7 Å². The van der Waals surface area contributed by atoms with Gasteiger partial charge in [-0.2, -0.15) is 0 Å². The highest BCUT2D eigenvalue weighted by Crippen LogP contribution is 2.53. The van der Waals surface area contributed by atoms with Gasteiger partial charge in [0.1, 0.15) is 48.8 Å². The molecule has 334 valence electrons. The lowest BCUT2D eigenvalue weighted by Crippen LogP contribution is -2.36. The van der Waals surface area contributed by atoms with Crippen LogP contribution in [0.1, 0.15) is 42.6 Å². The van der Waals surface area contributed by atoms with Gasteiger partial charge < -0.3 is 59.8 Å². The van der Waals surface area contributed by atoms with E-state index in [0.29, 0.717) is 4.57 Å². The molecule has 11 N–H and O–H groups in total. The van der Waals surface area contributed by atoms with Crippen molar-refractivity contribution in [2.45, 2.75) is 74.9 Å². The quantitative estimate of drug-likeness (QED) is 0.0656. The molecule has 29 nitrogen and oxygen atoms in total. The van der Waals surface area contributed by atoms with Crippen LogP contribution in [0.5, 0.6) is 0 Å². The van der Waals surface area contributed by atoms with E-state index in [-0.39, 0.29) is 29.5 Å². The minimum absolute atomic E-state index is 0.0740. The van der Waals surface area contributed by atoms with Gasteiger partial charge in [0.25, 0.3) is 11.1 Å². The number of imidazole rings is 1. The average Bonchev–Trinajstić information content (AvgIpc) is 3.94. The number of guanidine groups is 1. The van der Waals surface area contributed by atoms with Gasteiger partial charge in [-0.15, -0.1) is 0 Å². The summed E-state index contributed by atoms with van der Waals surface area (Å²) in [6.07, 6.45) is -12.1. The summed E-state index contributed by atoms with van der Waals surface area (Å²) in [5, 5.41) is 45.8. The topological polar surface area (TPSA) is 407 Å². The van der Waals surface area contributed by atoms with Gasteiger partial charge in [-0.1, -0.05) is 0 Å². The van der Waals surface area contributed by atoms with Gasteiger partial charge in [0, 0.05) is 37.6 Å². The normalized spacial score (nSPS) is 30.6. The Balaban J connectivity index is 1.07. The predicted molar refractivity (Wildman–Crippen MR) is 197 cm³/mol. The molecule has 0 amide bonds. The molecule has 7 rings (SSSR count). The molecule has 61 heavy (non-hydrogen) atoms. The van der Waals surface area contributed by atoms with Crippen molar-refractivity contribution >= 4 is 27.4 Å². The second-order valence-corrected chi connectivity index (χ2v) is 16.5. The highest BCUT2D eigenvalue weighted by atomic mass is 31.2. The van der Waals surface area contributed by atoms with E-state index in [1.807, 2.05) is 4.98 Å². The van der Waals surface area contributed by atoms with Crippen molar-refractivity contribution in [3.63, 3.8) is 0 Å². The Labute approximate surface area is 339 Å². The molecule has 3 aromatic heterocycles. The first-order chi connectivity index (χ1) is 28.8. The van der Waals surface area contributed by atoms with Crippen molar-refractivity contribution in [2.75, 3.05) is 32.2 Å². The zero-order valence-electron chi connectivity index (χ0n) is 31.5. The molecule has 2 fully saturated rings. The summed E-state index contributed by atoms with van der Waals surface area (Å²) >= 11 is 0. The van der Waals surface area contributed by atoms with E-state index in [1.54, 1.807) is 0 Å². The minimum Gasteiger partial charge on any atom is -0.465 e. The molecule has 4 aliphatic heterocycles. The fourth-order valence-electron chi connectivity index (χ4n) is 6.70. The molecule has 2 saturated heterocycles. The third-order valence-corrected chi connectivity index (χ3v) is 11.5. The Hall–Kier alpha value is -4.84. The molecule has 31 heteroatoms. The van der Waals surface area contributed by atoms with Gasteiger partial charge in [0.15, 0.2) is 36.0 Å². The van der Waals surface area contributed by atoms with Crippen molar-refractivity contribution in [1.82, 2.24) is 28.7 Å². The largest absolute Gasteiger partial charge is 0.527 e. The molecule has 7 unspecified atom stereocenters. The van der Waals surface area contributed by atoms with E-state index in [9.17, 15) is 58.5 Å². The van der Waals surface area contributed by atoms with Gasteiger partial charge >= 0.3 is 27.0 Å². The van der Waals surface area contributed by atoms with Crippen molar-refractivity contribution in [2.24, 2.45) is 10.7 Å². The number of phosphoric acid groups is 2. The monoisotopic (exact) mass is 907 g/mol. The van der Waals surface area contributed by atoms with E-state index in [2.05, 4.69) is 20.3 Å². The third kappa shape index (κ3) is 9.06. The lowest BCUT2D eigenvalue weighted by molar-refractivity contribution is -0.0521. The number of rotatable bonds is 15. The number of ether oxygens (including phenoxy) is 4. The van der Waals surface area contributed by atoms with Crippen LogP contribution in [-0.2, 0) is 46.2 Å². The standard InChI is InChI=1S/C30H39N9O20P2/c1-11-6-38(30(47)35-24(11)45)17-5-12(41)14(55-17)8-53-60(48,49)59-22-15(57-26(20(22)44)37-4-3-16(42)33-29(37)46)9-54-61(50,51)58-21-13(7-40)56-27(19(21)43)39-10-32-18-23(39)34-28(31)36-25(18)52-2/h3-4,6,10,12-14,17,19-21,25-27,40-41,43-44H,5,7-9H2,1-2H3,(H,48,49)(H,50,51)(H3,31,34,36)(H,33,42,46)(H,35,45,47)/t12?,13-,14-,17-,19?,20?,21?,25?,26-,27-/m1/s1. The van der Waals surface area contributed by atoms with Crippen LogP contribution in [0.3, 0.4) is 0 Å². The van der Waals surface area contributed by atoms with Crippen LogP contribution in [-0.4, -0.2) is 128 Å². The van der Waals surface area contributed by atoms with Crippen molar-refractivity contribution in [3.05, 3.63) is 89.2 Å². The predicted octanol–water partition coefficient (Wildman–Crippen LogP) is -3.69. The van der Waals surface area contributed by atoms with Crippen LogP contribution >= 0.6 is 15.6 Å². The van der Waals surface area contributed by atoms with Gasteiger partial charge in [0.05, 0.1) is 25.6 Å². The molecule has 12 atom stereocenters. The van der Waals surface area contributed by atoms with Crippen molar-refractivity contribution in [3.8, 4) is 0 Å². The molecule has 0 saturated carbocycles. The molecule has 0 spiro atoms. The lowest BCUT2D eigenvalue weighted by atomic mass is 10.1. The number of methoxy groups -OCH3 is 1. The minimum atomic E-state index is -5.39. The highest BCUT2D eigenvalue weighted by molar-refractivity contribution is 7.47. The van der Waals surface area contributed by atoms with Crippen LogP contribution < -0.4 is 33.5 Å². The summed E-state index contributed by atoms with van der Waals surface area (Å²) in [5.74, 6) is -1.65. The van der Waals surface area contributed by atoms with Gasteiger partial charge in [-0.05, 0) is 6.92 Å². The van der Waals surface area contributed by atoms with Crippen LogP contribution in [0.2, 0.25) is 0 Å². The van der Waals surface area contributed by atoms with Gasteiger partial charge in [0.2, 0.25) is 6.23 Å². The van der Waals surface area contributed by atoms with E-state index in [4.69, 9.17) is 42.8 Å². The third-order valence-electron chi connectivity index (χ3n) is 9.64. The van der Waals surface area contributed by atoms with Crippen LogP contribution in [0.25, 0.3) is 0 Å². The van der Waals surface area contributed by atoms with Crippen molar-refractivity contribution < 1.29 is 76.4 Å². The Kier molecular flexibility index (Phi) is 12.4. The summed E-state index contributed by atoms with van der Waals surface area (Å²) in [6, 6.07) is 0.874. The molecule has 0 aromatic carbocycles. The second kappa shape index (κ2) is 17.1. The van der Waals surface area contributed by atoms with E-state index in [1.165, 1.54) is 31.1 Å². The zero-order valence-corrected chi connectivity index (χ0v) is 33.3. The fourth-order valence-corrected chi connectivity index (χ4v) is 8.45. The van der Waals surface area contributed by atoms with E-state index >= 15 is 0 Å². The number of nitrogens with two attached hydrogens (primary N) is 1. The first kappa shape index (κ1) is 44.2. The lowest BCUT2D eigenvalue weighted by Gasteiger charge is -2.24. The molecular formula is C30H39N9O20P2. The number of aliphatic imine (C=N–C) groups is 1. The first-order valence-corrected chi connectivity index (χ1v) is 20.8. The number of aromatic nitrogens is 6. The number of anilines is 1. The molecule has 4 aliphatic rings. The Bertz CT molecular complexity index is 2550. The van der Waals surface area contributed by atoms with Crippen molar-refractivity contribution in [1.29, 1.82) is 0 Å². The summed E-state index contributed by atoms with van der Waals surface area (Å²) in [7, 11) is -9.42. The van der Waals surface area contributed by atoms with Crippen LogP contribution in [0, 0.1) is 6.92 Å². The molecule has 0 aliphatic carbocycles. The summed E-state index contributed by atoms with van der Waals surface area (Å²) in [6.45, 7) is -1.48. The number of hydrogen-bond acceptors (Lipinski definition) is 22. The number of aromatic amines is 2. The number of aliphatic hydroxyl groups excluding tert-OH is 4. The summed E-state index contributed by atoms with van der Waals surface area (Å²) in [5.41, 5.74) is 2.78. The zero-order chi connectivity index (χ0) is 44.1. The number of aliphatic hydroxyl groups is 4. The fraction of sp³-hybridized carbons (Fsp3) is 0.533. The highest BCUT2D eigenvalue weighted by Gasteiger charge is 2.51. The SMILES string of the molecule is COC1N=C(N)Nc2c1ncn2[C@@H]1O[C@H](CO)C(OP(=O)(O)OCC2=C(OP(=O)(O)OC[C@H]3O[C@@H](n4cc(C)c(=O)[nH]c4=O)CC3O)C(O)[C@H](n3ccc(=O)[nH]c3=O)O2)C1O. The number of nitrogens with one attached hydrogen (secondary N) is 3. The van der Waals surface area contributed by atoms with Crippen LogP contribution in [0.4, 0.5) is 5.82 Å².